The highest BCUT2D eigenvalue weighted by atomic mass is 16.6. The number of rotatable bonds is 45. The minimum absolute atomic E-state index is 0.0677. The maximum atomic E-state index is 12.3. The van der Waals surface area contributed by atoms with E-state index in [4.69, 9.17) is 9.47 Å². The molecule has 0 aromatic heterocycles. The number of allylic oxidation sites excluding steroid dienone is 10. The molecule has 0 bridgehead atoms. The minimum Gasteiger partial charge on any atom is -0.462 e. The number of carbonyl (C=O) groups excluding carboxylic acids is 2. The van der Waals surface area contributed by atoms with Crippen molar-refractivity contribution >= 4 is 11.9 Å². The van der Waals surface area contributed by atoms with Gasteiger partial charge in [0.05, 0.1) is 6.61 Å². The second kappa shape index (κ2) is 49.0. The molecule has 0 aromatic carbocycles. The van der Waals surface area contributed by atoms with Crippen LogP contribution in [0, 0.1) is 0 Å². The van der Waals surface area contributed by atoms with Gasteiger partial charge in [-0.2, -0.15) is 0 Å². The van der Waals surface area contributed by atoms with Crippen LogP contribution in [0.5, 0.6) is 0 Å². The van der Waals surface area contributed by atoms with Crippen LogP contribution in [0.25, 0.3) is 0 Å². The van der Waals surface area contributed by atoms with Crippen LogP contribution in [0.2, 0.25) is 0 Å². The lowest BCUT2D eigenvalue weighted by Crippen LogP contribution is -2.28. The molecule has 0 aliphatic rings. The van der Waals surface area contributed by atoms with Crippen LogP contribution in [0.4, 0.5) is 0 Å². The van der Waals surface area contributed by atoms with Gasteiger partial charge < -0.3 is 14.6 Å². The number of ether oxygens (including phenoxy) is 2. The fraction of sp³-hybridized carbons (Fsp3) is 0.774. The molecule has 0 saturated carbocycles. The lowest BCUT2D eigenvalue weighted by molar-refractivity contribution is -0.161. The zero-order chi connectivity index (χ0) is 42.1. The lowest BCUT2D eigenvalue weighted by Gasteiger charge is -2.15. The Labute approximate surface area is 360 Å². The van der Waals surface area contributed by atoms with E-state index in [0.29, 0.717) is 12.8 Å². The summed E-state index contributed by atoms with van der Waals surface area (Å²) in [5.74, 6) is -0.591. The Morgan fingerprint density at radius 1 is 0.414 bits per heavy atom. The Morgan fingerprint density at radius 3 is 1.14 bits per heavy atom. The number of aliphatic hydroxyl groups is 1. The Hall–Kier alpha value is -2.40. The van der Waals surface area contributed by atoms with Gasteiger partial charge >= 0.3 is 11.9 Å². The molecule has 0 spiro atoms. The number of aliphatic hydroxyl groups excluding tert-OH is 1. The maximum absolute atomic E-state index is 12.3. The van der Waals surface area contributed by atoms with Crippen molar-refractivity contribution in [1.82, 2.24) is 0 Å². The summed E-state index contributed by atoms with van der Waals surface area (Å²) in [4.78, 5) is 24.4. The summed E-state index contributed by atoms with van der Waals surface area (Å²) in [6, 6.07) is 0. The third-order valence-electron chi connectivity index (χ3n) is 10.8. The first-order valence-corrected chi connectivity index (χ1v) is 24.8. The summed E-state index contributed by atoms with van der Waals surface area (Å²) in [5, 5.41) is 9.62. The molecule has 1 atom stereocenters. The first kappa shape index (κ1) is 55.6. The van der Waals surface area contributed by atoms with Gasteiger partial charge in [-0.1, -0.05) is 216 Å². The van der Waals surface area contributed by atoms with Gasteiger partial charge in [0.25, 0.3) is 0 Å². The molecule has 336 valence electrons. The van der Waals surface area contributed by atoms with Gasteiger partial charge in [-0.05, 0) is 77.0 Å². The molecule has 0 aromatic rings. The highest BCUT2D eigenvalue weighted by Crippen LogP contribution is 2.15. The third-order valence-corrected chi connectivity index (χ3v) is 10.8. The normalized spacial score (nSPS) is 12.7. The van der Waals surface area contributed by atoms with E-state index in [2.05, 4.69) is 74.6 Å². The Kier molecular flexibility index (Phi) is 46.9. The van der Waals surface area contributed by atoms with E-state index in [9.17, 15) is 14.7 Å². The molecule has 0 saturated heterocycles. The predicted molar refractivity (Wildman–Crippen MR) is 251 cm³/mol. The minimum atomic E-state index is -0.775. The average molecular weight is 811 g/mol. The van der Waals surface area contributed by atoms with Crippen LogP contribution in [0.1, 0.15) is 245 Å². The SMILES string of the molecule is CC/C=C\C/C=C\C/C=C\C/C=C\CCCCCCCCCCCCCCCCC(=O)OC(CO)COC(=O)CCCCCCCCC/C=C\CCCCCCCC. The number of unbranched alkanes of at least 4 members (excludes halogenated alkanes) is 27. The molecule has 5 heteroatoms. The number of hydrogen-bond donors (Lipinski definition) is 1. The van der Waals surface area contributed by atoms with E-state index >= 15 is 0 Å². The second-order valence-electron chi connectivity index (χ2n) is 16.5. The van der Waals surface area contributed by atoms with E-state index < -0.39 is 6.10 Å². The quantitative estimate of drug-likeness (QED) is 0.0377. The van der Waals surface area contributed by atoms with Gasteiger partial charge in [0, 0.05) is 12.8 Å². The summed E-state index contributed by atoms with van der Waals surface area (Å²) in [6.45, 7) is 4.04. The monoisotopic (exact) mass is 811 g/mol. The molecule has 0 rings (SSSR count). The smallest absolute Gasteiger partial charge is 0.306 e. The molecule has 58 heavy (non-hydrogen) atoms. The van der Waals surface area contributed by atoms with E-state index in [1.54, 1.807) is 0 Å². The Balaban J connectivity index is 3.49. The summed E-state index contributed by atoms with van der Waals surface area (Å²) < 4.78 is 10.7. The molecule has 5 nitrogen and oxygen atoms in total. The second-order valence-corrected chi connectivity index (χ2v) is 16.5. The summed E-state index contributed by atoms with van der Waals surface area (Å²) in [5.41, 5.74) is 0. The highest BCUT2D eigenvalue weighted by Gasteiger charge is 2.16. The predicted octanol–water partition coefficient (Wildman–Crippen LogP) is 16.3. The van der Waals surface area contributed by atoms with Crippen LogP contribution in [-0.2, 0) is 19.1 Å². The highest BCUT2D eigenvalue weighted by molar-refractivity contribution is 5.70. The van der Waals surface area contributed by atoms with Crippen LogP contribution < -0.4 is 0 Å². The first-order chi connectivity index (χ1) is 28.6. The standard InChI is InChI=1S/C53H94O5/c1-3-5-7-9-11-13-15-17-19-21-22-23-24-25-26-27-28-29-30-32-34-36-38-40-42-44-46-48-53(56)58-51(49-54)50-57-52(55)47-45-43-41-39-37-35-33-31-20-18-16-14-12-10-8-6-4-2/h5,7,11,13,17-20,22-23,51,54H,3-4,6,8-10,12,14-16,21,24-50H2,1-2H3/b7-5-,13-11-,19-17-,20-18-,23-22-. The van der Waals surface area contributed by atoms with Crippen LogP contribution in [0.15, 0.2) is 60.8 Å². The van der Waals surface area contributed by atoms with Crippen molar-refractivity contribution in [2.75, 3.05) is 13.2 Å². The van der Waals surface area contributed by atoms with Gasteiger partial charge in [0.15, 0.2) is 6.10 Å². The molecule has 0 radical (unpaired) electrons. The molecule has 0 aliphatic carbocycles. The molecule has 1 N–H and O–H groups in total. The fourth-order valence-corrected chi connectivity index (χ4v) is 7.07. The average Bonchev–Trinajstić information content (AvgIpc) is 3.23. The number of esters is 2. The summed E-state index contributed by atoms with van der Waals surface area (Å²) in [6.07, 6.45) is 64.5. The lowest BCUT2D eigenvalue weighted by atomic mass is 10.0. The maximum Gasteiger partial charge on any atom is 0.306 e. The van der Waals surface area contributed by atoms with Crippen molar-refractivity contribution in [1.29, 1.82) is 0 Å². The van der Waals surface area contributed by atoms with Crippen molar-refractivity contribution in [3.8, 4) is 0 Å². The van der Waals surface area contributed by atoms with Crippen molar-refractivity contribution in [2.24, 2.45) is 0 Å². The van der Waals surface area contributed by atoms with Gasteiger partial charge in [-0.3, -0.25) is 9.59 Å². The fourth-order valence-electron chi connectivity index (χ4n) is 7.07. The van der Waals surface area contributed by atoms with Gasteiger partial charge in [-0.15, -0.1) is 0 Å². The van der Waals surface area contributed by atoms with Crippen molar-refractivity contribution in [2.45, 2.75) is 251 Å². The van der Waals surface area contributed by atoms with Crippen molar-refractivity contribution in [3.05, 3.63) is 60.8 Å². The number of carbonyl (C=O) groups is 2. The molecular weight excluding hydrogens is 717 g/mol. The van der Waals surface area contributed by atoms with E-state index in [0.717, 1.165) is 64.2 Å². The largest absolute Gasteiger partial charge is 0.462 e. The number of hydrogen-bond acceptors (Lipinski definition) is 5. The molecular formula is C53H94O5. The molecule has 0 heterocycles. The zero-order valence-electron chi connectivity index (χ0n) is 38.3. The van der Waals surface area contributed by atoms with Crippen molar-refractivity contribution in [3.63, 3.8) is 0 Å². The summed E-state index contributed by atoms with van der Waals surface area (Å²) >= 11 is 0. The van der Waals surface area contributed by atoms with Gasteiger partial charge in [0.2, 0.25) is 0 Å². The van der Waals surface area contributed by atoms with E-state index in [-0.39, 0.29) is 25.2 Å². The van der Waals surface area contributed by atoms with Crippen LogP contribution >= 0.6 is 0 Å². The summed E-state index contributed by atoms with van der Waals surface area (Å²) in [7, 11) is 0. The molecule has 0 amide bonds. The molecule has 0 fully saturated rings. The van der Waals surface area contributed by atoms with Gasteiger partial charge in [-0.25, -0.2) is 0 Å². The van der Waals surface area contributed by atoms with E-state index in [1.165, 1.54) is 154 Å². The molecule has 1 unspecified atom stereocenters. The van der Waals surface area contributed by atoms with Crippen molar-refractivity contribution < 1.29 is 24.2 Å². The topological polar surface area (TPSA) is 72.8 Å². The zero-order valence-corrected chi connectivity index (χ0v) is 38.3. The van der Waals surface area contributed by atoms with Crippen LogP contribution in [-0.4, -0.2) is 36.4 Å². The Bertz CT molecular complexity index is 1010. The van der Waals surface area contributed by atoms with E-state index in [1.807, 2.05) is 0 Å². The molecule has 0 aliphatic heterocycles. The van der Waals surface area contributed by atoms with Crippen LogP contribution in [0.3, 0.4) is 0 Å². The first-order valence-electron chi connectivity index (χ1n) is 24.8. The van der Waals surface area contributed by atoms with Gasteiger partial charge in [0.1, 0.15) is 6.61 Å². The third kappa shape index (κ3) is 46.3. The Morgan fingerprint density at radius 2 is 0.741 bits per heavy atom.